The first kappa shape index (κ1) is 16.5. The summed E-state index contributed by atoms with van der Waals surface area (Å²) in [5, 5.41) is 21.0. The summed E-state index contributed by atoms with van der Waals surface area (Å²) in [5.74, 6) is -0.879. The smallest absolute Gasteiger partial charge is 0.305 e. The molecular formula is C15H24O6S. The van der Waals surface area contributed by atoms with Gasteiger partial charge in [0.25, 0.3) is 0 Å². The minimum atomic E-state index is -1.94. The summed E-state index contributed by atoms with van der Waals surface area (Å²) < 4.78 is 23.1. The highest BCUT2D eigenvalue weighted by Gasteiger charge is 2.67. The predicted molar refractivity (Wildman–Crippen MR) is 78.8 cm³/mol. The van der Waals surface area contributed by atoms with Gasteiger partial charge in [0.2, 0.25) is 0 Å². The van der Waals surface area contributed by atoms with E-state index in [0.29, 0.717) is 12.8 Å². The number of hydrogen-bond acceptors (Lipinski definition) is 6. The van der Waals surface area contributed by atoms with E-state index >= 15 is 0 Å². The Labute approximate surface area is 133 Å². The summed E-state index contributed by atoms with van der Waals surface area (Å²) in [4.78, 5) is 12.5. The number of carbonyl (C=O) groups is 1. The fraction of sp³-hybridized carbons (Fsp3) is 0.933. The van der Waals surface area contributed by atoms with Crippen molar-refractivity contribution in [2.75, 3.05) is 0 Å². The number of aliphatic hydroxyl groups is 2. The number of hydrogen-bond donors (Lipinski definition) is 2. The first-order valence-corrected chi connectivity index (χ1v) is 8.71. The SMILES string of the molecule is CC(C)(O)[C@H]1C2OS(=O)O[C@@]3(C)CCC(=O)[C@](C)(C[C@@H]1O)C23. The molecule has 1 saturated heterocycles. The van der Waals surface area contributed by atoms with Crippen LogP contribution in [0.25, 0.3) is 0 Å². The van der Waals surface area contributed by atoms with Crippen LogP contribution in [0.4, 0.5) is 0 Å². The monoisotopic (exact) mass is 332 g/mol. The standard InChI is InChI=1S/C15H24O6S/c1-13(2,18)10-8(16)7-14(3)9(17)5-6-15(4)12(14)11(10)20-22(19)21-15/h8,10-12,16,18H,5-7H2,1-4H3/t8-,10+,11?,12?,14-,15-,22?/m0/s1. The van der Waals surface area contributed by atoms with Crippen LogP contribution in [-0.2, 0) is 24.5 Å². The van der Waals surface area contributed by atoms with E-state index < -0.39 is 46.1 Å². The second kappa shape index (κ2) is 4.83. The normalized spacial score (nSPS) is 52.3. The molecule has 2 N–H and O–H groups in total. The van der Waals surface area contributed by atoms with Crippen LogP contribution in [0.5, 0.6) is 0 Å². The van der Waals surface area contributed by atoms with Crippen molar-refractivity contribution in [2.24, 2.45) is 17.3 Å². The largest absolute Gasteiger partial charge is 0.393 e. The number of Topliss-reactive ketones (excluding diaryl/α,β-unsaturated/α-hetero) is 1. The van der Waals surface area contributed by atoms with Crippen molar-refractivity contribution in [2.45, 2.75) is 70.4 Å². The van der Waals surface area contributed by atoms with E-state index in [1.54, 1.807) is 13.8 Å². The molecule has 2 aliphatic carbocycles. The van der Waals surface area contributed by atoms with Gasteiger partial charge in [0, 0.05) is 23.7 Å². The number of rotatable bonds is 1. The summed E-state index contributed by atoms with van der Waals surface area (Å²) >= 11 is -1.94. The molecule has 2 saturated carbocycles. The average molecular weight is 332 g/mol. The quantitative estimate of drug-likeness (QED) is 0.740. The third kappa shape index (κ3) is 2.21. The molecular weight excluding hydrogens is 308 g/mol. The molecule has 1 heterocycles. The van der Waals surface area contributed by atoms with Crippen LogP contribution in [0.3, 0.4) is 0 Å². The zero-order valence-corrected chi connectivity index (χ0v) is 14.2. The summed E-state index contributed by atoms with van der Waals surface area (Å²) in [6.45, 7) is 6.89. The molecule has 3 fully saturated rings. The zero-order valence-electron chi connectivity index (χ0n) is 13.4. The van der Waals surface area contributed by atoms with Gasteiger partial charge in [-0.1, -0.05) is 6.92 Å². The Hall–Kier alpha value is -0.340. The maximum absolute atomic E-state index is 12.5. The Morgan fingerprint density at radius 2 is 2.00 bits per heavy atom. The molecule has 0 spiro atoms. The predicted octanol–water partition coefficient (Wildman–Crippen LogP) is 0.876. The summed E-state index contributed by atoms with van der Waals surface area (Å²) in [7, 11) is 0. The lowest BCUT2D eigenvalue weighted by atomic mass is 9.50. The topological polar surface area (TPSA) is 93.1 Å². The molecule has 0 bridgehead atoms. The van der Waals surface area contributed by atoms with E-state index in [4.69, 9.17) is 8.37 Å². The van der Waals surface area contributed by atoms with E-state index in [0.717, 1.165) is 0 Å². The van der Waals surface area contributed by atoms with Gasteiger partial charge in [-0.25, -0.2) is 0 Å². The fourth-order valence-electron chi connectivity index (χ4n) is 4.94. The Morgan fingerprint density at radius 3 is 2.59 bits per heavy atom. The average Bonchev–Trinajstić information content (AvgIpc) is 2.31. The number of aliphatic hydroxyl groups excluding tert-OH is 1. The molecule has 0 aromatic heterocycles. The fourth-order valence-corrected chi connectivity index (χ4v) is 5.89. The third-order valence-electron chi connectivity index (χ3n) is 5.82. The molecule has 7 atom stereocenters. The first-order chi connectivity index (χ1) is 9.99. The van der Waals surface area contributed by atoms with E-state index in [1.807, 2.05) is 13.8 Å². The first-order valence-electron chi connectivity index (χ1n) is 7.71. The summed E-state index contributed by atoms with van der Waals surface area (Å²) in [5.41, 5.74) is -2.75. The van der Waals surface area contributed by atoms with Crippen molar-refractivity contribution in [1.82, 2.24) is 0 Å². The summed E-state index contributed by atoms with van der Waals surface area (Å²) in [6.07, 6.45) is -0.499. The van der Waals surface area contributed by atoms with E-state index in [9.17, 15) is 19.2 Å². The molecule has 3 rings (SSSR count). The minimum absolute atomic E-state index is 0.0769. The lowest BCUT2D eigenvalue weighted by Gasteiger charge is -2.61. The van der Waals surface area contributed by atoms with Crippen LogP contribution in [0, 0.1) is 17.3 Å². The van der Waals surface area contributed by atoms with Gasteiger partial charge in [0.1, 0.15) is 5.78 Å². The second-order valence-corrected chi connectivity index (χ2v) is 8.70. The van der Waals surface area contributed by atoms with Gasteiger partial charge in [-0.2, -0.15) is 4.21 Å². The highest BCUT2D eigenvalue weighted by atomic mass is 32.2. The van der Waals surface area contributed by atoms with Gasteiger partial charge in [0.15, 0.2) is 0 Å². The van der Waals surface area contributed by atoms with Gasteiger partial charge >= 0.3 is 11.4 Å². The minimum Gasteiger partial charge on any atom is -0.393 e. The Bertz CT molecular complexity index is 529. The van der Waals surface area contributed by atoms with Crippen molar-refractivity contribution in [3.8, 4) is 0 Å². The Morgan fingerprint density at radius 1 is 1.36 bits per heavy atom. The zero-order chi connectivity index (χ0) is 16.5. The lowest BCUT2D eigenvalue weighted by Crippen LogP contribution is -2.70. The van der Waals surface area contributed by atoms with E-state index in [2.05, 4.69) is 0 Å². The molecule has 0 aromatic carbocycles. The van der Waals surface area contributed by atoms with Crippen molar-refractivity contribution in [3.05, 3.63) is 0 Å². The van der Waals surface area contributed by atoms with Crippen LogP contribution in [0.1, 0.15) is 47.0 Å². The van der Waals surface area contributed by atoms with Crippen LogP contribution < -0.4 is 0 Å². The van der Waals surface area contributed by atoms with Crippen LogP contribution in [0.15, 0.2) is 0 Å². The highest BCUT2D eigenvalue weighted by Crippen LogP contribution is 2.59. The van der Waals surface area contributed by atoms with Gasteiger partial charge in [0.05, 0.1) is 23.4 Å². The molecule has 0 aromatic rings. The van der Waals surface area contributed by atoms with Crippen molar-refractivity contribution < 1.29 is 27.6 Å². The van der Waals surface area contributed by atoms with Crippen LogP contribution >= 0.6 is 0 Å². The van der Waals surface area contributed by atoms with E-state index in [1.165, 1.54) is 0 Å². The van der Waals surface area contributed by atoms with Gasteiger partial charge in [-0.05, 0) is 33.6 Å². The lowest BCUT2D eigenvalue weighted by molar-refractivity contribution is -0.230. The van der Waals surface area contributed by atoms with E-state index in [-0.39, 0.29) is 18.1 Å². The number of ketones is 1. The third-order valence-corrected chi connectivity index (χ3v) is 6.72. The Kier molecular flexibility index (Phi) is 3.63. The molecule has 7 heteroatoms. The molecule has 3 unspecified atom stereocenters. The maximum Gasteiger partial charge on any atom is 0.305 e. The van der Waals surface area contributed by atoms with Gasteiger partial charge in [-0.15, -0.1) is 0 Å². The van der Waals surface area contributed by atoms with Crippen molar-refractivity contribution in [3.63, 3.8) is 0 Å². The molecule has 22 heavy (non-hydrogen) atoms. The molecule has 126 valence electrons. The maximum atomic E-state index is 12.5. The summed E-state index contributed by atoms with van der Waals surface area (Å²) in [6, 6.07) is 0. The van der Waals surface area contributed by atoms with Gasteiger partial charge in [-0.3, -0.25) is 13.2 Å². The highest BCUT2D eigenvalue weighted by molar-refractivity contribution is 7.75. The molecule has 1 aliphatic heterocycles. The molecule has 0 radical (unpaired) electrons. The number of carbonyl (C=O) groups excluding carboxylic acids is 1. The van der Waals surface area contributed by atoms with Crippen molar-refractivity contribution >= 4 is 17.1 Å². The molecule has 6 nitrogen and oxygen atoms in total. The molecule has 0 amide bonds. The second-order valence-electron chi connectivity index (χ2n) is 7.93. The van der Waals surface area contributed by atoms with Crippen molar-refractivity contribution in [1.29, 1.82) is 0 Å². The van der Waals surface area contributed by atoms with Crippen LogP contribution in [-0.4, -0.2) is 43.6 Å². The van der Waals surface area contributed by atoms with Crippen LogP contribution in [0.2, 0.25) is 0 Å². The van der Waals surface area contributed by atoms with Gasteiger partial charge < -0.3 is 10.2 Å². The molecule has 3 aliphatic rings. The Balaban J connectivity index is 2.12.